The summed E-state index contributed by atoms with van der Waals surface area (Å²) in [6, 6.07) is 8.12. The van der Waals surface area contributed by atoms with Gasteiger partial charge in [-0.15, -0.1) is 0 Å². The van der Waals surface area contributed by atoms with Crippen molar-refractivity contribution in [2.75, 3.05) is 30.4 Å². The van der Waals surface area contributed by atoms with Crippen molar-refractivity contribution in [2.24, 2.45) is 0 Å². The second-order valence-electron chi connectivity index (χ2n) is 4.23. The number of rotatable bonds is 2. The molecule has 1 heterocycles. The van der Waals surface area contributed by atoms with E-state index in [9.17, 15) is 0 Å². The maximum atomic E-state index is 9.12. The first-order valence-electron chi connectivity index (χ1n) is 5.55. The molecule has 0 bridgehead atoms. The highest BCUT2D eigenvalue weighted by atomic mass is 16.5. The quantitative estimate of drug-likeness (QED) is 0.728. The van der Waals surface area contributed by atoms with Crippen LogP contribution in [0.2, 0.25) is 0 Å². The first-order valence-corrected chi connectivity index (χ1v) is 5.55. The molecule has 1 fully saturated rings. The van der Waals surface area contributed by atoms with Gasteiger partial charge >= 0.3 is 0 Å². The van der Waals surface area contributed by atoms with Crippen LogP contribution in [0.5, 0.6) is 0 Å². The second kappa shape index (κ2) is 4.72. The molecule has 1 aliphatic heterocycles. The second-order valence-corrected chi connectivity index (χ2v) is 4.23. The lowest BCUT2D eigenvalue weighted by atomic mass is 10.1. The molecule has 1 aromatic rings. The van der Waals surface area contributed by atoms with Crippen molar-refractivity contribution < 1.29 is 9.84 Å². The van der Waals surface area contributed by atoms with Crippen LogP contribution in [-0.2, 0) is 4.74 Å². The van der Waals surface area contributed by atoms with Crippen LogP contribution < -0.4 is 10.6 Å². The van der Waals surface area contributed by atoms with Gasteiger partial charge in [0.25, 0.3) is 0 Å². The number of ether oxygens (including phenoxy) is 1. The average Bonchev–Trinajstić information content (AvgIpc) is 2.30. The van der Waals surface area contributed by atoms with Crippen molar-refractivity contribution in [3.05, 3.63) is 24.3 Å². The van der Waals surface area contributed by atoms with E-state index in [2.05, 4.69) is 11.8 Å². The summed E-state index contributed by atoms with van der Waals surface area (Å²) in [5.74, 6) is 0. The molecule has 16 heavy (non-hydrogen) atoms. The van der Waals surface area contributed by atoms with Crippen LogP contribution in [0.15, 0.2) is 24.3 Å². The maximum Gasteiger partial charge on any atom is 0.0981 e. The van der Waals surface area contributed by atoms with Gasteiger partial charge in [0.2, 0.25) is 0 Å². The van der Waals surface area contributed by atoms with Crippen LogP contribution in [0.3, 0.4) is 0 Å². The SMILES string of the molecule is CC1COC(CO)CN1c1cccc(N)c1. The Morgan fingerprint density at radius 2 is 2.38 bits per heavy atom. The van der Waals surface area contributed by atoms with Crippen molar-refractivity contribution in [1.29, 1.82) is 0 Å². The molecule has 1 saturated heterocycles. The standard InChI is InChI=1S/C12H18N2O2/c1-9-8-16-12(7-15)6-14(9)11-4-2-3-10(13)5-11/h2-5,9,12,15H,6-8,13H2,1H3. The van der Waals surface area contributed by atoms with E-state index in [1.54, 1.807) is 0 Å². The normalized spacial score (nSPS) is 25.8. The lowest BCUT2D eigenvalue weighted by molar-refractivity contribution is -0.0103. The minimum atomic E-state index is -0.0994. The molecule has 2 rings (SSSR count). The van der Waals surface area contributed by atoms with Crippen LogP contribution in [0.1, 0.15) is 6.92 Å². The van der Waals surface area contributed by atoms with Crippen LogP contribution in [-0.4, -0.2) is 37.0 Å². The molecule has 0 spiro atoms. The zero-order valence-corrected chi connectivity index (χ0v) is 9.47. The zero-order valence-electron chi connectivity index (χ0n) is 9.47. The monoisotopic (exact) mass is 222 g/mol. The lowest BCUT2D eigenvalue weighted by Crippen LogP contribution is -2.49. The summed E-state index contributed by atoms with van der Waals surface area (Å²) in [5, 5.41) is 9.12. The Bertz CT molecular complexity index is 357. The minimum absolute atomic E-state index is 0.0610. The van der Waals surface area contributed by atoms with E-state index >= 15 is 0 Å². The fourth-order valence-corrected chi connectivity index (χ4v) is 1.99. The first-order chi connectivity index (χ1) is 7.70. The van der Waals surface area contributed by atoms with Gasteiger partial charge in [0.15, 0.2) is 0 Å². The topological polar surface area (TPSA) is 58.7 Å². The highest BCUT2D eigenvalue weighted by Gasteiger charge is 2.25. The largest absolute Gasteiger partial charge is 0.399 e. The van der Waals surface area contributed by atoms with Gasteiger partial charge in [-0.3, -0.25) is 0 Å². The first kappa shape index (κ1) is 11.2. The smallest absolute Gasteiger partial charge is 0.0981 e. The Kier molecular flexibility index (Phi) is 3.31. The van der Waals surface area contributed by atoms with Crippen LogP contribution >= 0.6 is 0 Å². The molecule has 2 atom stereocenters. The van der Waals surface area contributed by atoms with Crippen molar-refractivity contribution in [3.63, 3.8) is 0 Å². The molecule has 0 amide bonds. The van der Waals surface area contributed by atoms with Crippen molar-refractivity contribution in [2.45, 2.75) is 19.1 Å². The number of anilines is 2. The summed E-state index contributed by atoms with van der Waals surface area (Å²) in [6.45, 7) is 3.52. The summed E-state index contributed by atoms with van der Waals surface area (Å²) in [5.41, 5.74) is 7.62. The number of nitrogen functional groups attached to an aromatic ring is 1. The zero-order chi connectivity index (χ0) is 11.5. The summed E-state index contributed by atoms with van der Waals surface area (Å²) in [4.78, 5) is 2.22. The van der Waals surface area contributed by atoms with E-state index in [1.807, 2.05) is 24.3 Å². The van der Waals surface area contributed by atoms with Gasteiger partial charge in [0.05, 0.1) is 19.3 Å². The van der Waals surface area contributed by atoms with Gasteiger partial charge in [-0.1, -0.05) is 6.07 Å². The minimum Gasteiger partial charge on any atom is -0.399 e. The van der Waals surface area contributed by atoms with Gasteiger partial charge in [-0.2, -0.15) is 0 Å². The third-order valence-electron chi connectivity index (χ3n) is 2.91. The summed E-state index contributed by atoms with van der Waals surface area (Å²) in [6.07, 6.45) is -0.0994. The third kappa shape index (κ3) is 2.28. The predicted octanol–water partition coefficient (Wildman–Crippen LogP) is 0.855. The summed E-state index contributed by atoms with van der Waals surface area (Å²) >= 11 is 0. The molecule has 0 radical (unpaired) electrons. The summed E-state index contributed by atoms with van der Waals surface area (Å²) in [7, 11) is 0. The van der Waals surface area contributed by atoms with Gasteiger partial charge in [-0.05, 0) is 25.1 Å². The highest BCUT2D eigenvalue weighted by molar-refractivity contribution is 5.56. The van der Waals surface area contributed by atoms with E-state index < -0.39 is 0 Å². The van der Waals surface area contributed by atoms with E-state index in [4.69, 9.17) is 15.6 Å². The Balaban J connectivity index is 2.17. The number of nitrogens with zero attached hydrogens (tertiary/aromatic N) is 1. The molecule has 0 saturated carbocycles. The third-order valence-corrected chi connectivity index (χ3v) is 2.91. The molecule has 1 aromatic carbocycles. The fraction of sp³-hybridized carbons (Fsp3) is 0.500. The molecule has 4 heteroatoms. The van der Waals surface area contributed by atoms with Crippen molar-refractivity contribution >= 4 is 11.4 Å². The Morgan fingerprint density at radius 3 is 3.06 bits per heavy atom. The molecule has 3 N–H and O–H groups in total. The molecule has 4 nitrogen and oxygen atoms in total. The Morgan fingerprint density at radius 1 is 1.56 bits per heavy atom. The van der Waals surface area contributed by atoms with E-state index in [0.717, 1.165) is 11.4 Å². The van der Waals surface area contributed by atoms with E-state index in [0.29, 0.717) is 19.2 Å². The number of aliphatic hydroxyl groups excluding tert-OH is 1. The van der Waals surface area contributed by atoms with E-state index in [1.165, 1.54) is 0 Å². The number of hydrogen-bond donors (Lipinski definition) is 2. The number of morpholine rings is 1. The lowest BCUT2D eigenvalue weighted by Gasteiger charge is -2.39. The van der Waals surface area contributed by atoms with E-state index in [-0.39, 0.29) is 12.7 Å². The predicted molar refractivity (Wildman–Crippen MR) is 64.5 cm³/mol. The van der Waals surface area contributed by atoms with Crippen LogP contribution in [0.25, 0.3) is 0 Å². The average molecular weight is 222 g/mol. The summed E-state index contributed by atoms with van der Waals surface area (Å²) < 4.78 is 5.50. The van der Waals surface area contributed by atoms with Gasteiger partial charge < -0.3 is 20.5 Å². The number of hydrogen-bond acceptors (Lipinski definition) is 4. The Hall–Kier alpha value is -1.26. The molecular formula is C12H18N2O2. The van der Waals surface area contributed by atoms with Crippen LogP contribution in [0, 0.1) is 0 Å². The molecular weight excluding hydrogens is 204 g/mol. The van der Waals surface area contributed by atoms with Gasteiger partial charge in [0, 0.05) is 24.0 Å². The molecule has 1 aliphatic rings. The number of nitrogens with two attached hydrogens (primary N) is 1. The van der Waals surface area contributed by atoms with Crippen molar-refractivity contribution in [1.82, 2.24) is 0 Å². The van der Waals surface area contributed by atoms with Gasteiger partial charge in [-0.25, -0.2) is 0 Å². The molecule has 88 valence electrons. The molecule has 2 unspecified atom stereocenters. The highest BCUT2D eigenvalue weighted by Crippen LogP contribution is 2.23. The Labute approximate surface area is 95.6 Å². The van der Waals surface area contributed by atoms with Gasteiger partial charge in [0.1, 0.15) is 0 Å². The van der Waals surface area contributed by atoms with Crippen LogP contribution in [0.4, 0.5) is 11.4 Å². The molecule has 0 aromatic heterocycles. The number of aliphatic hydroxyl groups is 1. The number of benzene rings is 1. The van der Waals surface area contributed by atoms with Crippen molar-refractivity contribution in [3.8, 4) is 0 Å². The molecule has 0 aliphatic carbocycles. The maximum absolute atomic E-state index is 9.12. The fourth-order valence-electron chi connectivity index (χ4n) is 1.99.